The van der Waals surface area contributed by atoms with Crippen molar-refractivity contribution in [2.24, 2.45) is 7.05 Å². The molecule has 2 aromatic heterocycles. The molecule has 7 heteroatoms. The summed E-state index contributed by atoms with van der Waals surface area (Å²) in [7, 11) is 1.72. The van der Waals surface area contributed by atoms with Crippen molar-refractivity contribution < 1.29 is 4.52 Å². The fourth-order valence-corrected chi connectivity index (χ4v) is 2.69. The summed E-state index contributed by atoms with van der Waals surface area (Å²) >= 11 is 3.39. The number of benzene rings is 2. The van der Waals surface area contributed by atoms with Crippen molar-refractivity contribution >= 4 is 27.0 Å². The molecular weight excluding hydrogens is 360 g/mol. The van der Waals surface area contributed by atoms with Gasteiger partial charge in [-0.1, -0.05) is 21.1 Å². The average molecular weight is 371 g/mol. The molecule has 23 heavy (non-hydrogen) atoms. The molecule has 0 saturated heterocycles. The first-order chi connectivity index (χ1) is 11.1. The van der Waals surface area contributed by atoms with E-state index in [1.54, 1.807) is 11.6 Å². The van der Waals surface area contributed by atoms with Crippen LogP contribution in [0.2, 0.25) is 0 Å². The van der Waals surface area contributed by atoms with E-state index in [0.29, 0.717) is 11.7 Å². The van der Waals surface area contributed by atoms with Crippen LogP contribution in [0.25, 0.3) is 33.9 Å². The minimum Gasteiger partial charge on any atom is -0.334 e. The Morgan fingerprint density at radius 1 is 1.13 bits per heavy atom. The predicted molar refractivity (Wildman–Crippen MR) is 90.0 cm³/mol. The van der Waals surface area contributed by atoms with Gasteiger partial charge >= 0.3 is 5.69 Å². The van der Waals surface area contributed by atoms with E-state index in [2.05, 4.69) is 31.1 Å². The van der Waals surface area contributed by atoms with Gasteiger partial charge in [0, 0.05) is 22.6 Å². The number of nitrogens with zero attached hydrogens (tertiary/aromatic N) is 3. The number of nitrogens with one attached hydrogen (secondary N) is 1. The van der Waals surface area contributed by atoms with Gasteiger partial charge in [-0.05, 0) is 42.5 Å². The highest BCUT2D eigenvalue weighted by Gasteiger charge is 2.12. The van der Waals surface area contributed by atoms with Crippen LogP contribution in [-0.2, 0) is 7.05 Å². The number of hydrogen-bond donors (Lipinski definition) is 1. The normalized spacial score (nSPS) is 11.2. The van der Waals surface area contributed by atoms with Crippen molar-refractivity contribution in [1.29, 1.82) is 0 Å². The number of rotatable bonds is 2. The van der Waals surface area contributed by atoms with Crippen LogP contribution in [0.4, 0.5) is 0 Å². The molecule has 6 nitrogen and oxygen atoms in total. The summed E-state index contributed by atoms with van der Waals surface area (Å²) in [5.74, 6) is 0.934. The summed E-state index contributed by atoms with van der Waals surface area (Å²) in [6.07, 6.45) is 0. The van der Waals surface area contributed by atoms with E-state index in [9.17, 15) is 4.79 Å². The third kappa shape index (κ3) is 2.39. The largest absolute Gasteiger partial charge is 0.334 e. The Morgan fingerprint density at radius 3 is 2.65 bits per heavy atom. The number of aryl methyl sites for hydroxylation is 1. The molecular formula is C16H11BrN4O2. The molecule has 0 aliphatic carbocycles. The first kappa shape index (κ1) is 14.0. The van der Waals surface area contributed by atoms with E-state index >= 15 is 0 Å². The molecule has 0 bridgehead atoms. The van der Waals surface area contributed by atoms with Crippen LogP contribution in [0.5, 0.6) is 0 Å². The minimum atomic E-state index is -0.152. The molecule has 0 spiro atoms. The van der Waals surface area contributed by atoms with Gasteiger partial charge in [0.05, 0.1) is 11.0 Å². The van der Waals surface area contributed by atoms with Gasteiger partial charge in [0.15, 0.2) is 0 Å². The standard InChI is InChI=1S/C16H11BrN4O2/c1-21-13-7-4-10(8-12(13)18-16(21)22)14-19-15(23-20-14)9-2-5-11(17)6-3-9/h2-8H,1H3,(H,18,22). The van der Waals surface area contributed by atoms with E-state index in [4.69, 9.17) is 4.52 Å². The maximum atomic E-state index is 11.7. The topological polar surface area (TPSA) is 76.7 Å². The Hall–Kier alpha value is -2.67. The van der Waals surface area contributed by atoms with Crippen LogP contribution in [0.15, 0.2) is 56.3 Å². The molecule has 0 aliphatic rings. The van der Waals surface area contributed by atoms with Crippen molar-refractivity contribution in [3.8, 4) is 22.8 Å². The molecule has 2 aromatic carbocycles. The second-order valence-corrected chi connectivity index (χ2v) is 6.07. The zero-order valence-electron chi connectivity index (χ0n) is 12.1. The third-order valence-electron chi connectivity index (χ3n) is 3.68. The molecule has 2 heterocycles. The van der Waals surface area contributed by atoms with E-state index in [1.807, 2.05) is 42.5 Å². The second kappa shape index (κ2) is 5.20. The van der Waals surface area contributed by atoms with Crippen LogP contribution >= 0.6 is 15.9 Å². The van der Waals surface area contributed by atoms with Gasteiger partial charge in [-0.25, -0.2) is 4.79 Å². The first-order valence-electron chi connectivity index (χ1n) is 6.90. The molecule has 0 aliphatic heterocycles. The summed E-state index contributed by atoms with van der Waals surface area (Å²) in [5, 5.41) is 4.02. The van der Waals surface area contributed by atoms with Crippen molar-refractivity contribution in [3.05, 3.63) is 57.4 Å². The van der Waals surface area contributed by atoms with Gasteiger partial charge in [0.1, 0.15) is 0 Å². The van der Waals surface area contributed by atoms with Crippen LogP contribution in [0.3, 0.4) is 0 Å². The predicted octanol–water partition coefficient (Wildman–Crippen LogP) is 3.35. The molecule has 0 amide bonds. The van der Waals surface area contributed by atoms with Crippen molar-refractivity contribution in [3.63, 3.8) is 0 Å². The Bertz CT molecular complexity index is 1060. The van der Waals surface area contributed by atoms with E-state index < -0.39 is 0 Å². The van der Waals surface area contributed by atoms with Gasteiger partial charge in [0.25, 0.3) is 5.89 Å². The van der Waals surface area contributed by atoms with E-state index in [1.165, 1.54) is 0 Å². The molecule has 0 saturated carbocycles. The van der Waals surface area contributed by atoms with Crippen molar-refractivity contribution in [2.75, 3.05) is 0 Å². The Kier molecular flexibility index (Phi) is 3.16. The van der Waals surface area contributed by atoms with E-state index in [0.717, 1.165) is 26.6 Å². The Balaban J connectivity index is 1.76. The maximum Gasteiger partial charge on any atom is 0.326 e. The molecule has 4 aromatic rings. The van der Waals surface area contributed by atoms with Gasteiger partial charge in [-0.15, -0.1) is 0 Å². The lowest BCUT2D eigenvalue weighted by atomic mass is 10.2. The number of hydrogen-bond acceptors (Lipinski definition) is 4. The highest BCUT2D eigenvalue weighted by Crippen LogP contribution is 2.25. The Labute approximate surface area is 138 Å². The average Bonchev–Trinajstić information content (AvgIpc) is 3.14. The molecule has 4 rings (SSSR count). The van der Waals surface area contributed by atoms with E-state index in [-0.39, 0.29) is 5.69 Å². The molecule has 1 N–H and O–H groups in total. The van der Waals surface area contributed by atoms with Crippen molar-refractivity contribution in [2.45, 2.75) is 0 Å². The minimum absolute atomic E-state index is 0.152. The van der Waals surface area contributed by atoms with Crippen LogP contribution < -0.4 is 5.69 Å². The summed E-state index contributed by atoms with van der Waals surface area (Å²) in [4.78, 5) is 18.9. The summed E-state index contributed by atoms with van der Waals surface area (Å²) in [5.41, 5.74) is 3.05. The second-order valence-electron chi connectivity index (χ2n) is 5.15. The number of halogens is 1. The monoisotopic (exact) mass is 370 g/mol. The lowest BCUT2D eigenvalue weighted by Crippen LogP contribution is -2.11. The SMILES string of the molecule is Cn1c(=O)[nH]c2cc(-c3noc(-c4ccc(Br)cc4)n3)ccc21. The van der Waals surface area contributed by atoms with Gasteiger partial charge in [-0.2, -0.15) is 4.98 Å². The molecule has 0 radical (unpaired) electrons. The lowest BCUT2D eigenvalue weighted by Gasteiger charge is -1.96. The summed E-state index contributed by atoms with van der Waals surface area (Å²) in [6.45, 7) is 0. The van der Waals surface area contributed by atoms with Crippen LogP contribution in [-0.4, -0.2) is 19.7 Å². The fourth-order valence-electron chi connectivity index (χ4n) is 2.43. The summed E-state index contributed by atoms with van der Waals surface area (Å²) in [6, 6.07) is 13.2. The maximum absolute atomic E-state index is 11.7. The van der Waals surface area contributed by atoms with Crippen LogP contribution in [0, 0.1) is 0 Å². The lowest BCUT2D eigenvalue weighted by molar-refractivity contribution is 0.432. The smallest absolute Gasteiger partial charge is 0.326 e. The fraction of sp³-hybridized carbons (Fsp3) is 0.0625. The highest BCUT2D eigenvalue weighted by atomic mass is 79.9. The number of fused-ring (bicyclic) bond motifs is 1. The Morgan fingerprint density at radius 2 is 1.87 bits per heavy atom. The van der Waals surface area contributed by atoms with Gasteiger partial charge < -0.3 is 9.51 Å². The van der Waals surface area contributed by atoms with Crippen molar-refractivity contribution in [1.82, 2.24) is 19.7 Å². The molecule has 0 atom stereocenters. The highest BCUT2D eigenvalue weighted by molar-refractivity contribution is 9.10. The molecule has 0 fully saturated rings. The quantitative estimate of drug-likeness (QED) is 0.586. The number of imidazole rings is 1. The zero-order valence-corrected chi connectivity index (χ0v) is 13.7. The first-order valence-corrected chi connectivity index (χ1v) is 7.70. The summed E-state index contributed by atoms with van der Waals surface area (Å²) < 4.78 is 7.88. The molecule has 0 unspecified atom stereocenters. The molecule has 114 valence electrons. The van der Waals surface area contributed by atoms with Gasteiger partial charge in [-0.3, -0.25) is 4.57 Å². The third-order valence-corrected chi connectivity index (χ3v) is 4.21. The van der Waals surface area contributed by atoms with Crippen LogP contribution in [0.1, 0.15) is 0 Å². The zero-order chi connectivity index (χ0) is 16.0. The number of aromatic amines is 1. The number of H-pyrrole nitrogens is 1. The van der Waals surface area contributed by atoms with Gasteiger partial charge in [0.2, 0.25) is 5.82 Å². The number of aromatic nitrogens is 4.